The molecule has 3 rings (SSSR count). The number of fused-ring (bicyclic) bond motifs is 5. The first-order valence-corrected chi connectivity index (χ1v) is 20.4. The van der Waals surface area contributed by atoms with Crippen LogP contribution in [0.4, 0.5) is 0 Å². The molecular formula is C42H61N7O10. The number of hydrogen-bond acceptors (Lipinski definition) is 12. The summed E-state index contributed by atoms with van der Waals surface area (Å²) >= 11 is 0. The maximum Gasteiger partial charge on any atom is 0.303 e. The molecule has 0 aliphatic carbocycles. The second-order valence-electron chi connectivity index (χ2n) is 14.5. The summed E-state index contributed by atoms with van der Waals surface area (Å²) < 4.78 is 10.6. The number of unbranched alkanes of at least 4 members (excludes halogenated alkanes) is 7. The molecule has 4 bridgehead atoms. The number of rotatable bonds is 23. The van der Waals surface area contributed by atoms with Gasteiger partial charge in [-0.05, 0) is 48.4 Å². The molecule has 2 aromatic carbocycles. The Bertz CT molecular complexity index is 1750. The number of nitrogens with two attached hydrogens (primary N) is 1. The van der Waals surface area contributed by atoms with Gasteiger partial charge in [-0.15, -0.1) is 0 Å². The number of ketones is 1. The topological polar surface area (TPSA) is 248 Å². The molecular weight excluding hydrogens is 763 g/mol. The minimum atomic E-state index is -1.32. The van der Waals surface area contributed by atoms with E-state index in [4.69, 9.17) is 10.5 Å². The van der Waals surface area contributed by atoms with Gasteiger partial charge < -0.3 is 51.8 Å². The van der Waals surface area contributed by atoms with Crippen molar-refractivity contribution in [1.82, 2.24) is 31.5 Å². The number of Topliss-reactive ketones (excluding diaryl/α,β-unsaturated/α-hetero) is 1. The Kier molecular flexibility index (Phi) is 20.9. The molecule has 1 heterocycles. The average Bonchev–Trinajstić information content (AvgIpc) is 3.21. The van der Waals surface area contributed by atoms with Crippen LogP contribution in [0.3, 0.4) is 0 Å². The first-order chi connectivity index (χ1) is 28.3. The summed E-state index contributed by atoms with van der Waals surface area (Å²) in [4.78, 5) is 91.1. The maximum absolute atomic E-state index is 13.9. The van der Waals surface area contributed by atoms with Gasteiger partial charge in [0.1, 0.15) is 30.2 Å². The highest BCUT2D eigenvalue weighted by Gasteiger charge is 2.31. The Morgan fingerprint density at radius 2 is 1.64 bits per heavy atom. The number of amides is 5. The van der Waals surface area contributed by atoms with Crippen LogP contribution in [0.5, 0.6) is 11.5 Å². The minimum absolute atomic E-state index is 0.0868. The first kappa shape index (κ1) is 47.8. The zero-order chi connectivity index (χ0) is 43.2. The van der Waals surface area contributed by atoms with E-state index in [1.807, 2.05) is 0 Å². The fraction of sp³-hybridized carbons (Fsp3) is 0.548. The molecule has 0 aromatic heterocycles. The summed E-state index contributed by atoms with van der Waals surface area (Å²) in [6, 6.07) is 6.74. The van der Waals surface area contributed by atoms with Crippen molar-refractivity contribution >= 4 is 41.3 Å². The van der Waals surface area contributed by atoms with Crippen LogP contribution in [-0.2, 0) is 44.7 Å². The van der Waals surface area contributed by atoms with E-state index >= 15 is 0 Å². The molecule has 1 aliphatic heterocycles. The van der Waals surface area contributed by atoms with Crippen molar-refractivity contribution in [1.29, 1.82) is 0 Å². The van der Waals surface area contributed by atoms with Crippen molar-refractivity contribution in [2.45, 2.75) is 90.1 Å². The lowest BCUT2D eigenvalue weighted by atomic mass is 9.94. The van der Waals surface area contributed by atoms with Crippen LogP contribution in [-0.4, -0.2) is 117 Å². The van der Waals surface area contributed by atoms with Gasteiger partial charge >= 0.3 is 5.97 Å². The molecule has 17 heteroatoms. The molecule has 0 saturated heterocycles. The number of ether oxygens (including phenoxy) is 2. The number of nitrogens with one attached hydrogen (secondary N) is 5. The van der Waals surface area contributed by atoms with E-state index in [2.05, 4.69) is 38.2 Å². The zero-order valence-electron chi connectivity index (χ0n) is 34.5. The van der Waals surface area contributed by atoms with Gasteiger partial charge in [-0.3, -0.25) is 33.6 Å². The highest BCUT2D eigenvalue weighted by Crippen LogP contribution is 2.39. The SMILES string of the molecule is CCCCCCCCCCNCCC(=O)NCC(=O)N(C)C1C(=O)NCC(=O)NC(C(=O)NCC(=O)COC(C)=O)Cc2ccc(O)c(c2)-c2cc1ccc2OCCN. The highest BCUT2D eigenvalue weighted by molar-refractivity contribution is 5.95. The van der Waals surface area contributed by atoms with E-state index < -0.39 is 73.7 Å². The Balaban J connectivity index is 1.79. The molecule has 0 fully saturated rings. The lowest BCUT2D eigenvalue weighted by molar-refractivity contribution is -0.145. The molecule has 8 N–H and O–H groups in total. The molecule has 0 radical (unpaired) electrons. The number of aromatic hydroxyl groups is 1. The van der Waals surface area contributed by atoms with Gasteiger partial charge in [0.15, 0.2) is 12.4 Å². The monoisotopic (exact) mass is 823 g/mol. The Labute approximate surface area is 345 Å². The summed E-state index contributed by atoms with van der Waals surface area (Å²) in [6.07, 6.45) is 9.73. The normalized spacial score (nSPS) is 15.2. The maximum atomic E-state index is 13.9. The van der Waals surface area contributed by atoms with Crippen molar-refractivity contribution < 1.29 is 48.1 Å². The Morgan fingerprint density at radius 1 is 0.915 bits per heavy atom. The number of benzene rings is 2. The number of phenolic OH excluding ortho intramolecular Hbond substituents is 1. The third-order valence-corrected chi connectivity index (χ3v) is 9.66. The number of esters is 1. The standard InChI is InChI=1S/C42H61N7O10/c1-4-5-6-7-8-9-10-11-18-44-19-16-37(53)45-26-39(55)49(3)40-30-13-15-36(58-20-17-43)33(23-30)32-21-29(12-14-35(32)52)22-34(48-38(54)25-47-42(40)57)41(56)46-24-31(51)27-59-28(2)50/h12-15,21,23,34,40,44,52H,4-11,16-20,22,24-27,43H2,1-3H3,(H,45,53)(H,46,56)(H,47,57)(H,48,54). The van der Waals surface area contributed by atoms with Crippen molar-refractivity contribution in [2.75, 3.05) is 59.5 Å². The lowest BCUT2D eigenvalue weighted by Gasteiger charge is -2.29. The molecule has 17 nitrogen and oxygen atoms in total. The molecule has 1 aliphatic rings. The van der Waals surface area contributed by atoms with Gasteiger partial charge in [0, 0.05) is 51.0 Å². The van der Waals surface area contributed by atoms with Crippen LogP contribution in [0.1, 0.15) is 88.8 Å². The van der Waals surface area contributed by atoms with Crippen LogP contribution < -0.4 is 37.1 Å². The van der Waals surface area contributed by atoms with Crippen LogP contribution in [0.2, 0.25) is 0 Å². The third-order valence-electron chi connectivity index (χ3n) is 9.66. The van der Waals surface area contributed by atoms with Crippen molar-refractivity contribution in [3.05, 3.63) is 47.5 Å². The smallest absolute Gasteiger partial charge is 0.303 e. The average molecular weight is 824 g/mol. The predicted molar refractivity (Wildman–Crippen MR) is 220 cm³/mol. The van der Waals surface area contributed by atoms with Gasteiger partial charge in [-0.2, -0.15) is 0 Å². The van der Waals surface area contributed by atoms with E-state index in [9.17, 15) is 38.7 Å². The van der Waals surface area contributed by atoms with E-state index in [-0.39, 0.29) is 43.2 Å². The van der Waals surface area contributed by atoms with E-state index in [1.54, 1.807) is 30.3 Å². The number of carbonyl (C=O) groups excluding carboxylic acids is 7. The molecule has 2 unspecified atom stereocenters. The highest BCUT2D eigenvalue weighted by atomic mass is 16.5. The first-order valence-electron chi connectivity index (χ1n) is 20.4. The second-order valence-corrected chi connectivity index (χ2v) is 14.5. The number of likely N-dealkylation sites (N-methyl/N-ethyl adjacent to an activating group) is 1. The zero-order valence-corrected chi connectivity index (χ0v) is 34.5. The van der Waals surface area contributed by atoms with E-state index in [0.717, 1.165) is 31.2 Å². The largest absolute Gasteiger partial charge is 0.507 e. The number of nitrogens with zero attached hydrogens (tertiary/aromatic N) is 1. The summed E-state index contributed by atoms with van der Waals surface area (Å²) in [7, 11) is 1.40. The van der Waals surface area contributed by atoms with Crippen LogP contribution in [0, 0.1) is 0 Å². The number of hydrogen-bond donors (Lipinski definition) is 7. The summed E-state index contributed by atoms with van der Waals surface area (Å²) in [6.45, 7) is 2.88. The minimum Gasteiger partial charge on any atom is -0.507 e. The molecule has 2 atom stereocenters. The Morgan fingerprint density at radius 3 is 2.36 bits per heavy atom. The van der Waals surface area contributed by atoms with Crippen LogP contribution in [0.15, 0.2) is 36.4 Å². The fourth-order valence-electron chi connectivity index (χ4n) is 6.44. The van der Waals surface area contributed by atoms with Crippen molar-refractivity contribution in [3.63, 3.8) is 0 Å². The van der Waals surface area contributed by atoms with Crippen LogP contribution in [0.25, 0.3) is 11.1 Å². The molecule has 59 heavy (non-hydrogen) atoms. The molecule has 0 spiro atoms. The van der Waals surface area contributed by atoms with Gasteiger partial charge in [-0.1, -0.05) is 64.0 Å². The summed E-state index contributed by atoms with van der Waals surface area (Å²) in [5.41, 5.74) is 7.13. The predicted octanol–water partition coefficient (Wildman–Crippen LogP) is 1.54. The van der Waals surface area contributed by atoms with Crippen molar-refractivity contribution in [2.24, 2.45) is 5.73 Å². The summed E-state index contributed by atoms with van der Waals surface area (Å²) in [5, 5.41) is 24.6. The van der Waals surface area contributed by atoms with Gasteiger partial charge in [0.25, 0.3) is 0 Å². The van der Waals surface area contributed by atoms with Gasteiger partial charge in [0.05, 0.1) is 19.6 Å². The van der Waals surface area contributed by atoms with Crippen molar-refractivity contribution in [3.8, 4) is 22.6 Å². The molecule has 0 saturated carbocycles. The van der Waals surface area contributed by atoms with E-state index in [0.29, 0.717) is 29.0 Å². The number of carbonyl (C=O) groups is 7. The van der Waals surface area contributed by atoms with Gasteiger partial charge in [0.2, 0.25) is 29.5 Å². The third kappa shape index (κ3) is 16.7. The second kappa shape index (κ2) is 25.7. The molecule has 324 valence electrons. The quantitative estimate of drug-likeness (QED) is 0.0623. The lowest BCUT2D eigenvalue weighted by Crippen LogP contribution is -2.52. The fourth-order valence-corrected chi connectivity index (χ4v) is 6.44. The molecule has 5 amide bonds. The summed E-state index contributed by atoms with van der Waals surface area (Å²) in [5.74, 6) is -4.27. The van der Waals surface area contributed by atoms with Gasteiger partial charge in [-0.25, -0.2) is 0 Å². The van der Waals surface area contributed by atoms with Crippen LogP contribution >= 0.6 is 0 Å². The molecule has 2 aromatic rings. The van der Waals surface area contributed by atoms with E-state index in [1.165, 1.54) is 51.6 Å². The number of phenols is 1. The Hall–Kier alpha value is -5.55.